The fourth-order valence-corrected chi connectivity index (χ4v) is 1.78. The van der Waals surface area contributed by atoms with E-state index in [1.54, 1.807) is 49.6 Å². The van der Waals surface area contributed by atoms with Gasteiger partial charge in [0.2, 0.25) is 0 Å². The lowest BCUT2D eigenvalue weighted by Gasteiger charge is -2.01. The van der Waals surface area contributed by atoms with Gasteiger partial charge in [-0.25, -0.2) is 4.79 Å². The number of hydrogen-bond acceptors (Lipinski definition) is 3. The Hall–Kier alpha value is -2.88. The van der Waals surface area contributed by atoms with Crippen molar-refractivity contribution in [3.8, 4) is 5.75 Å². The lowest BCUT2D eigenvalue weighted by molar-refractivity contribution is 0.0696. The van der Waals surface area contributed by atoms with Crippen LogP contribution in [-0.4, -0.2) is 24.0 Å². The largest absolute Gasteiger partial charge is 0.497 e. The zero-order valence-electron chi connectivity index (χ0n) is 11.4. The molecule has 2 aromatic rings. The van der Waals surface area contributed by atoms with Gasteiger partial charge in [-0.3, -0.25) is 4.79 Å². The third-order valence-electron chi connectivity index (χ3n) is 2.94. The van der Waals surface area contributed by atoms with Gasteiger partial charge in [0.15, 0.2) is 5.78 Å². The van der Waals surface area contributed by atoms with Crippen LogP contribution >= 0.6 is 0 Å². The van der Waals surface area contributed by atoms with E-state index in [0.717, 1.165) is 5.56 Å². The number of rotatable bonds is 5. The van der Waals surface area contributed by atoms with E-state index in [4.69, 9.17) is 9.84 Å². The first-order valence-corrected chi connectivity index (χ1v) is 6.30. The standard InChI is InChI=1S/C17H14O4/c1-21-15-4-2-3-14(11-15)16(18)10-7-12-5-8-13(9-6-12)17(19)20/h2-11H,1H3,(H,19,20)/b10-7+. The van der Waals surface area contributed by atoms with Crippen LogP contribution in [0.25, 0.3) is 6.08 Å². The molecule has 0 atom stereocenters. The van der Waals surface area contributed by atoms with Crippen LogP contribution in [0.15, 0.2) is 54.6 Å². The van der Waals surface area contributed by atoms with Crippen LogP contribution in [0.2, 0.25) is 0 Å². The van der Waals surface area contributed by atoms with Crippen molar-refractivity contribution in [2.75, 3.05) is 7.11 Å². The lowest BCUT2D eigenvalue weighted by atomic mass is 10.1. The molecule has 4 heteroatoms. The second-order valence-electron chi connectivity index (χ2n) is 4.36. The first kappa shape index (κ1) is 14.5. The summed E-state index contributed by atoms with van der Waals surface area (Å²) in [4.78, 5) is 22.8. The van der Waals surface area contributed by atoms with Crippen LogP contribution in [0.5, 0.6) is 5.75 Å². The van der Waals surface area contributed by atoms with Crippen LogP contribution < -0.4 is 4.74 Å². The Balaban J connectivity index is 2.12. The molecule has 0 aromatic heterocycles. The molecule has 0 amide bonds. The molecule has 0 unspecified atom stereocenters. The van der Waals surface area contributed by atoms with Crippen LogP contribution in [0.3, 0.4) is 0 Å². The quantitative estimate of drug-likeness (QED) is 0.675. The smallest absolute Gasteiger partial charge is 0.335 e. The number of carboxylic acids is 1. The fourth-order valence-electron chi connectivity index (χ4n) is 1.78. The van der Waals surface area contributed by atoms with Crippen LogP contribution in [0, 0.1) is 0 Å². The summed E-state index contributed by atoms with van der Waals surface area (Å²) in [7, 11) is 1.55. The molecule has 0 bridgehead atoms. The van der Waals surface area contributed by atoms with E-state index in [1.807, 2.05) is 0 Å². The van der Waals surface area contributed by atoms with Crippen molar-refractivity contribution in [3.05, 3.63) is 71.3 Å². The van der Waals surface area contributed by atoms with Gasteiger partial charge in [0.05, 0.1) is 12.7 Å². The van der Waals surface area contributed by atoms with Gasteiger partial charge in [-0.1, -0.05) is 30.3 Å². The number of benzene rings is 2. The van der Waals surface area contributed by atoms with E-state index >= 15 is 0 Å². The molecule has 0 radical (unpaired) electrons. The zero-order valence-corrected chi connectivity index (χ0v) is 11.4. The topological polar surface area (TPSA) is 63.6 Å². The third-order valence-corrected chi connectivity index (χ3v) is 2.94. The van der Waals surface area contributed by atoms with Crippen LogP contribution in [-0.2, 0) is 0 Å². The van der Waals surface area contributed by atoms with Crippen molar-refractivity contribution >= 4 is 17.8 Å². The molecule has 0 heterocycles. The fraction of sp³-hybridized carbons (Fsp3) is 0.0588. The van der Waals surface area contributed by atoms with Crippen molar-refractivity contribution in [1.29, 1.82) is 0 Å². The predicted molar refractivity (Wildman–Crippen MR) is 79.8 cm³/mol. The van der Waals surface area contributed by atoms with E-state index in [2.05, 4.69) is 0 Å². The number of aromatic carboxylic acids is 1. The van der Waals surface area contributed by atoms with Crippen molar-refractivity contribution in [2.24, 2.45) is 0 Å². The highest BCUT2D eigenvalue weighted by Gasteiger charge is 2.03. The Morgan fingerprint density at radius 1 is 1.05 bits per heavy atom. The molecular formula is C17H14O4. The van der Waals surface area contributed by atoms with Crippen molar-refractivity contribution < 1.29 is 19.4 Å². The van der Waals surface area contributed by atoms with E-state index in [1.165, 1.54) is 18.2 Å². The maximum atomic E-state index is 12.0. The highest BCUT2D eigenvalue weighted by atomic mass is 16.5. The lowest BCUT2D eigenvalue weighted by Crippen LogP contribution is -1.96. The predicted octanol–water partition coefficient (Wildman–Crippen LogP) is 3.29. The summed E-state index contributed by atoms with van der Waals surface area (Å²) in [5.41, 5.74) is 1.51. The molecule has 2 aromatic carbocycles. The number of hydrogen-bond donors (Lipinski definition) is 1. The molecule has 0 saturated carbocycles. The first-order valence-electron chi connectivity index (χ1n) is 6.30. The normalized spacial score (nSPS) is 10.5. The summed E-state index contributed by atoms with van der Waals surface area (Å²) in [5.74, 6) is -0.491. The molecular weight excluding hydrogens is 268 g/mol. The zero-order chi connectivity index (χ0) is 15.2. The van der Waals surface area contributed by atoms with Gasteiger partial charge in [-0.2, -0.15) is 0 Å². The highest BCUT2D eigenvalue weighted by molar-refractivity contribution is 6.07. The minimum atomic E-state index is -0.974. The average Bonchev–Trinajstić information content (AvgIpc) is 2.53. The highest BCUT2D eigenvalue weighted by Crippen LogP contribution is 2.14. The Morgan fingerprint density at radius 2 is 1.76 bits per heavy atom. The van der Waals surface area contributed by atoms with Gasteiger partial charge in [0.1, 0.15) is 5.75 Å². The first-order chi connectivity index (χ1) is 10.1. The van der Waals surface area contributed by atoms with E-state index in [9.17, 15) is 9.59 Å². The maximum absolute atomic E-state index is 12.0. The van der Waals surface area contributed by atoms with Gasteiger partial charge < -0.3 is 9.84 Å². The summed E-state index contributed by atoms with van der Waals surface area (Å²) in [6.07, 6.45) is 3.10. The van der Waals surface area contributed by atoms with E-state index in [-0.39, 0.29) is 11.3 Å². The number of ketones is 1. The monoisotopic (exact) mass is 282 g/mol. The van der Waals surface area contributed by atoms with E-state index in [0.29, 0.717) is 11.3 Å². The Bertz CT molecular complexity index is 684. The minimum Gasteiger partial charge on any atom is -0.497 e. The second kappa shape index (κ2) is 6.52. The molecule has 0 aliphatic rings. The number of carbonyl (C=O) groups excluding carboxylic acids is 1. The van der Waals surface area contributed by atoms with Gasteiger partial charge >= 0.3 is 5.97 Å². The number of carbonyl (C=O) groups is 2. The molecule has 21 heavy (non-hydrogen) atoms. The van der Waals surface area contributed by atoms with Crippen LogP contribution in [0.4, 0.5) is 0 Å². The number of carboxylic acid groups (broad SMARTS) is 1. The van der Waals surface area contributed by atoms with Crippen molar-refractivity contribution in [1.82, 2.24) is 0 Å². The molecule has 4 nitrogen and oxygen atoms in total. The number of methoxy groups -OCH3 is 1. The maximum Gasteiger partial charge on any atom is 0.335 e. The average molecular weight is 282 g/mol. The number of ether oxygens (including phenoxy) is 1. The van der Waals surface area contributed by atoms with E-state index < -0.39 is 5.97 Å². The third kappa shape index (κ3) is 3.79. The summed E-state index contributed by atoms with van der Waals surface area (Å²) in [6.45, 7) is 0. The minimum absolute atomic E-state index is 0.142. The molecule has 0 fully saturated rings. The molecule has 106 valence electrons. The molecule has 2 rings (SSSR count). The number of allylic oxidation sites excluding steroid dienone is 1. The molecule has 1 N–H and O–H groups in total. The molecule has 0 saturated heterocycles. The Labute approximate surface area is 122 Å². The Morgan fingerprint density at radius 3 is 2.38 bits per heavy atom. The molecule has 0 aliphatic heterocycles. The van der Waals surface area contributed by atoms with Crippen LogP contribution in [0.1, 0.15) is 26.3 Å². The van der Waals surface area contributed by atoms with Crippen molar-refractivity contribution in [3.63, 3.8) is 0 Å². The summed E-state index contributed by atoms with van der Waals surface area (Å²) in [5, 5.41) is 8.81. The van der Waals surface area contributed by atoms with Crippen molar-refractivity contribution in [2.45, 2.75) is 0 Å². The SMILES string of the molecule is COc1cccc(C(=O)/C=C/c2ccc(C(=O)O)cc2)c1. The molecule has 0 aliphatic carbocycles. The summed E-state index contributed by atoms with van der Waals surface area (Å²) < 4.78 is 5.07. The van der Waals surface area contributed by atoms with Gasteiger partial charge in [0.25, 0.3) is 0 Å². The Kier molecular flexibility index (Phi) is 4.51. The second-order valence-corrected chi connectivity index (χ2v) is 4.36. The van der Waals surface area contributed by atoms with Gasteiger partial charge in [-0.05, 0) is 35.9 Å². The summed E-state index contributed by atoms with van der Waals surface area (Å²) >= 11 is 0. The van der Waals surface area contributed by atoms with Gasteiger partial charge in [0, 0.05) is 5.56 Å². The summed E-state index contributed by atoms with van der Waals surface area (Å²) in [6, 6.07) is 13.2. The molecule has 0 spiro atoms. The van der Waals surface area contributed by atoms with Gasteiger partial charge in [-0.15, -0.1) is 0 Å².